The number of allylic oxidation sites excluding steroid dienone is 8. The Labute approximate surface area is 156 Å². The van der Waals surface area contributed by atoms with E-state index in [1.165, 1.54) is 12.1 Å². The number of anilines is 1. The third kappa shape index (κ3) is 5.74. The molecule has 0 amide bonds. The molecule has 1 aromatic rings. The number of hydrogen-bond donors (Lipinski definition) is 1. The van der Waals surface area contributed by atoms with Crippen LogP contribution in [0.25, 0.3) is 0 Å². The average molecular weight is 368 g/mol. The number of nitro groups is 2. The summed E-state index contributed by atoms with van der Waals surface area (Å²) < 4.78 is 0. The molecule has 1 aromatic carbocycles. The normalized spacial score (nSPS) is 15.7. The van der Waals surface area contributed by atoms with Gasteiger partial charge in [0, 0.05) is 18.2 Å². The summed E-state index contributed by atoms with van der Waals surface area (Å²) >= 11 is 0. The van der Waals surface area contributed by atoms with Crippen LogP contribution < -0.4 is 5.43 Å². The molecule has 0 fully saturated rings. The van der Waals surface area contributed by atoms with Crippen molar-refractivity contribution < 1.29 is 9.85 Å². The standard InChI is InChI=1S/C19H20N4O4/c1-14(11-15(2)16-7-5-3-4-6-8-16)13-20-21-18-10-9-17(22(24)25)12-19(18)23(26)27/h3-13,15-16,21H,1-2H3/b14-11+,20-13+. The van der Waals surface area contributed by atoms with Crippen molar-refractivity contribution in [1.82, 2.24) is 0 Å². The molecule has 2 rings (SSSR count). The lowest BCUT2D eigenvalue weighted by molar-refractivity contribution is -0.393. The molecule has 0 aliphatic heterocycles. The molecule has 140 valence electrons. The number of non-ortho nitro benzene ring substituents is 1. The SMILES string of the molecule is CC(/C=N/Nc1ccc([N+](=O)[O-])cc1[N+](=O)[O-])=C\C(C)C1C=CC=CC=C1. The summed E-state index contributed by atoms with van der Waals surface area (Å²) in [5, 5.41) is 25.9. The van der Waals surface area contributed by atoms with Gasteiger partial charge in [0.05, 0.1) is 15.9 Å². The van der Waals surface area contributed by atoms with Gasteiger partial charge in [-0.3, -0.25) is 25.7 Å². The second-order valence-corrected chi connectivity index (χ2v) is 6.09. The number of benzene rings is 1. The zero-order chi connectivity index (χ0) is 19.8. The molecule has 8 nitrogen and oxygen atoms in total. The second kappa shape index (κ2) is 9.23. The van der Waals surface area contributed by atoms with Crippen LogP contribution in [0.3, 0.4) is 0 Å². The van der Waals surface area contributed by atoms with Crippen LogP contribution in [0.4, 0.5) is 17.1 Å². The van der Waals surface area contributed by atoms with Crippen molar-refractivity contribution in [3.63, 3.8) is 0 Å². The maximum atomic E-state index is 11.1. The van der Waals surface area contributed by atoms with Gasteiger partial charge in [-0.1, -0.05) is 49.5 Å². The highest BCUT2D eigenvalue weighted by molar-refractivity contribution is 5.79. The summed E-state index contributed by atoms with van der Waals surface area (Å²) in [7, 11) is 0. The van der Waals surface area contributed by atoms with E-state index < -0.39 is 15.5 Å². The van der Waals surface area contributed by atoms with Gasteiger partial charge in [-0.25, -0.2) is 0 Å². The van der Waals surface area contributed by atoms with E-state index in [9.17, 15) is 20.2 Å². The van der Waals surface area contributed by atoms with Crippen molar-refractivity contribution in [3.05, 3.63) is 86.5 Å². The van der Waals surface area contributed by atoms with E-state index >= 15 is 0 Å². The Morgan fingerprint density at radius 2 is 1.81 bits per heavy atom. The molecule has 8 heteroatoms. The molecule has 1 N–H and O–H groups in total. The Morgan fingerprint density at radius 3 is 2.41 bits per heavy atom. The minimum absolute atomic E-state index is 0.0865. The highest BCUT2D eigenvalue weighted by Crippen LogP contribution is 2.28. The minimum atomic E-state index is -0.686. The molecule has 0 radical (unpaired) electrons. The highest BCUT2D eigenvalue weighted by Gasteiger charge is 2.19. The number of nitro benzene ring substituents is 2. The van der Waals surface area contributed by atoms with Crippen LogP contribution in [0.15, 0.2) is 71.4 Å². The summed E-state index contributed by atoms with van der Waals surface area (Å²) in [4.78, 5) is 20.5. The molecule has 1 unspecified atom stereocenters. The van der Waals surface area contributed by atoms with Crippen LogP contribution in [0.2, 0.25) is 0 Å². The summed E-state index contributed by atoms with van der Waals surface area (Å²) in [6, 6.07) is 3.36. The lowest BCUT2D eigenvalue weighted by Crippen LogP contribution is -2.04. The molecule has 0 aromatic heterocycles. The first-order valence-electron chi connectivity index (χ1n) is 8.30. The summed E-state index contributed by atoms with van der Waals surface area (Å²) in [6.45, 7) is 3.98. The first-order valence-corrected chi connectivity index (χ1v) is 8.30. The quantitative estimate of drug-likeness (QED) is 0.423. The Hall–Kier alpha value is -3.55. The molecule has 1 atom stereocenters. The smallest absolute Gasteiger partial charge is 0.272 e. The molecule has 0 saturated carbocycles. The third-order valence-corrected chi connectivity index (χ3v) is 3.97. The first-order chi connectivity index (χ1) is 12.9. The molecule has 1 aliphatic carbocycles. The number of nitrogens with one attached hydrogen (secondary N) is 1. The van der Waals surface area contributed by atoms with E-state index in [-0.39, 0.29) is 23.2 Å². The lowest BCUT2D eigenvalue weighted by atomic mass is 9.92. The van der Waals surface area contributed by atoms with Crippen LogP contribution in [-0.4, -0.2) is 16.1 Å². The van der Waals surface area contributed by atoms with Crippen LogP contribution >= 0.6 is 0 Å². The maximum Gasteiger partial charge on any atom is 0.301 e. The predicted molar refractivity (Wildman–Crippen MR) is 106 cm³/mol. The van der Waals surface area contributed by atoms with Gasteiger partial charge in [0.1, 0.15) is 5.69 Å². The van der Waals surface area contributed by atoms with Crippen LogP contribution in [0, 0.1) is 32.1 Å². The van der Waals surface area contributed by atoms with E-state index in [1.807, 2.05) is 31.2 Å². The average Bonchev–Trinajstić information content (AvgIpc) is 2.91. The molecular weight excluding hydrogens is 348 g/mol. The van der Waals surface area contributed by atoms with Gasteiger partial charge < -0.3 is 0 Å². The molecule has 0 heterocycles. The zero-order valence-corrected chi connectivity index (χ0v) is 15.0. The van der Waals surface area contributed by atoms with E-state index in [0.29, 0.717) is 0 Å². The zero-order valence-electron chi connectivity index (χ0n) is 15.0. The number of nitrogens with zero attached hydrogens (tertiary/aromatic N) is 3. The van der Waals surface area contributed by atoms with Gasteiger partial charge in [-0.15, -0.1) is 0 Å². The van der Waals surface area contributed by atoms with Gasteiger partial charge >= 0.3 is 5.69 Å². The number of rotatable bonds is 7. The van der Waals surface area contributed by atoms with Gasteiger partial charge in [0.15, 0.2) is 0 Å². The van der Waals surface area contributed by atoms with Crippen molar-refractivity contribution in [2.24, 2.45) is 16.9 Å². The van der Waals surface area contributed by atoms with Gasteiger partial charge in [0.25, 0.3) is 5.69 Å². The molecule has 27 heavy (non-hydrogen) atoms. The van der Waals surface area contributed by atoms with Crippen molar-refractivity contribution in [2.75, 3.05) is 5.43 Å². The summed E-state index contributed by atoms with van der Waals surface area (Å²) in [5.74, 6) is 0.518. The number of hydrazone groups is 1. The predicted octanol–water partition coefficient (Wildman–Crippen LogP) is 4.78. The largest absolute Gasteiger partial charge is 0.301 e. The Bertz CT molecular complexity index is 852. The second-order valence-electron chi connectivity index (χ2n) is 6.09. The monoisotopic (exact) mass is 368 g/mol. The van der Waals surface area contributed by atoms with E-state index in [0.717, 1.165) is 11.6 Å². The Morgan fingerprint density at radius 1 is 1.15 bits per heavy atom. The Balaban J connectivity index is 2.08. The van der Waals surface area contributed by atoms with Gasteiger partial charge in [0.2, 0.25) is 0 Å². The summed E-state index contributed by atoms with van der Waals surface area (Å²) in [6.07, 6.45) is 15.8. The fourth-order valence-corrected chi connectivity index (χ4v) is 2.58. The maximum absolute atomic E-state index is 11.1. The molecule has 0 saturated heterocycles. The third-order valence-electron chi connectivity index (χ3n) is 3.97. The lowest BCUT2D eigenvalue weighted by Gasteiger charge is -2.13. The van der Waals surface area contributed by atoms with Crippen molar-refractivity contribution >= 4 is 23.3 Å². The fraction of sp³-hybridized carbons (Fsp3) is 0.211. The van der Waals surface area contributed by atoms with E-state index in [4.69, 9.17) is 0 Å². The Kier molecular flexibility index (Phi) is 6.76. The van der Waals surface area contributed by atoms with Crippen LogP contribution in [0.5, 0.6) is 0 Å². The van der Waals surface area contributed by atoms with Crippen molar-refractivity contribution in [1.29, 1.82) is 0 Å². The molecule has 1 aliphatic rings. The van der Waals surface area contributed by atoms with Crippen molar-refractivity contribution in [3.8, 4) is 0 Å². The highest BCUT2D eigenvalue weighted by atomic mass is 16.6. The first kappa shape index (κ1) is 19.8. The van der Waals surface area contributed by atoms with E-state index in [2.05, 4.69) is 35.7 Å². The fourth-order valence-electron chi connectivity index (χ4n) is 2.58. The van der Waals surface area contributed by atoms with E-state index in [1.54, 1.807) is 6.21 Å². The molecule has 0 spiro atoms. The van der Waals surface area contributed by atoms with Crippen LogP contribution in [0.1, 0.15) is 13.8 Å². The van der Waals surface area contributed by atoms with Crippen molar-refractivity contribution in [2.45, 2.75) is 13.8 Å². The van der Waals surface area contributed by atoms with Gasteiger partial charge in [-0.05, 0) is 24.5 Å². The topological polar surface area (TPSA) is 111 Å². The van der Waals surface area contributed by atoms with Crippen LogP contribution in [-0.2, 0) is 0 Å². The molecular formula is C19H20N4O4. The van der Waals surface area contributed by atoms with Gasteiger partial charge in [-0.2, -0.15) is 5.10 Å². The minimum Gasteiger partial charge on any atom is -0.272 e. The molecule has 0 bridgehead atoms. The summed E-state index contributed by atoms with van der Waals surface area (Å²) in [5.41, 5.74) is 2.80. The number of hydrogen-bond acceptors (Lipinski definition) is 6.